The first-order valence-electron chi connectivity index (χ1n) is 6.10. The van der Waals surface area contributed by atoms with E-state index in [2.05, 4.69) is 0 Å². The number of hydrogen-bond donors (Lipinski definition) is 1. The zero-order chi connectivity index (χ0) is 14.4. The molecule has 2 rings (SSSR count). The lowest BCUT2D eigenvalue weighted by molar-refractivity contribution is 0.204. The Morgan fingerprint density at radius 2 is 1.50 bits per heavy atom. The maximum Gasteiger partial charge on any atom is 0.190 e. The Hall–Kier alpha value is -2.14. The van der Waals surface area contributed by atoms with Crippen LogP contribution in [0, 0.1) is 11.6 Å². The normalized spacial score (nSPS) is 10.3. The predicted octanol–water partition coefficient (Wildman–Crippen LogP) is 2.91. The maximum absolute atomic E-state index is 13.5. The molecule has 0 atom stereocenters. The Morgan fingerprint density at radius 1 is 0.900 bits per heavy atom. The fraction of sp³-hybridized carbons (Fsp3) is 0.200. The van der Waals surface area contributed by atoms with Crippen LogP contribution in [0.4, 0.5) is 8.78 Å². The second-order valence-corrected chi connectivity index (χ2v) is 4.06. The van der Waals surface area contributed by atoms with Crippen molar-refractivity contribution in [1.29, 1.82) is 0 Å². The Morgan fingerprint density at radius 3 is 2.10 bits per heavy atom. The van der Waals surface area contributed by atoms with Crippen LogP contribution in [-0.2, 0) is 6.61 Å². The third-order valence-corrected chi connectivity index (χ3v) is 2.58. The van der Waals surface area contributed by atoms with Gasteiger partial charge in [0.1, 0.15) is 19.0 Å². The predicted molar refractivity (Wildman–Crippen MR) is 69.7 cm³/mol. The van der Waals surface area contributed by atoms with Crippen LogP contribution in [0.5, 0.6) is 11.5 Å². The lowest BCUT2D eigenvalue weighted by atomic mass is 10.2. The number of hydrogen-bond acceptors (Lipinski definition) is 3. The van der Waals surface area contributed by atoms with Crippen LogP contribution in [0.25, 0.3) is 0 Å². The van der Waals surface area contributed by atoms with Gasteiger partial charge >= 0.3 is 0 Å². The molecule has 0 spiro atoms. The van der Waals surface area contributed by atoms with Crippen molar-refractivity contribution >= 4 is 0 Å². The molecule has 2 aromatic rings. The molecule has 0 aliphatic heterocycles. The first-order chi connectivity index (χ1) is 9.70. The van der Waals surface area contributed by atoms with Gasteiger partial charge in [-0.15, -0.1) is 0 Å². The lowest BCUT2D eigenvalue weighted by Gasteiger charge is -2.10. The van der Waals surface area contributed by atoms with E-state index in [9.17, 15) is 8.78 Å². The largest absolute Gasteiger partial charge is 0.490 e. The highest BCUT2D eigenvalue weighted by molar-refractivity contribution is 5.31. The van der Waals surface area contributed by atoms with Crippen LogP contribution in [0.3, 0.4) is 0 Å². The highest BCUT2D eigenvalue weighted by Crippen LogP contribution is 2.23. The van der Waals surface area contributed by atoms with Crippen LogP contribution >= 0.6 is 0 Å². The fourth-order valence-corrected chi connectivity index (χ4v) is 1.66. The molecule has 20 heavy (non-hydrogen) atoms. The van der Waals surface area contributed by atoms with Crippen molar-refractivity contribution in [3.8, 4) is 11.5 Å². The number of para-hydroxylation sites is 1. The summed E-state index contributed by atoms with van der Waals surface area (Å²) in [7, 11) is 0. The fourth-order valence-electron chi connectivity index (χ4n) is 1.66. The number of rotatable bonds is 6. The maximum atomic E-state index is 13.5. The monoisotopic (exact) mass is 280 g/mol. The Bertz CT molecular complexity index is 535. The minimum absolute atomic E-state index is 0.0151. The third-order valence-electron chi connectivity index (χ3n) is 2.58. The van der Waals surface area contributed by atoms with E-state index in [-0.39, 0.29) is 18.8 Å². The van der Waals surface area contributed by atoms with Crippen molar-refractivity contribution in [1.82, 2.24) is 0 Å². The summed E-state index contributed by atoms with van der Waals surface area (Å²) in [6.07, 6.45) is 0. The van der Waals surface area contributed by atoms with Crippen LogP contribution in [0.15, 0.2) is 42.5 Å². The molecule has 0 fully saturated rings. The van der Waals surface area contributed by atoms with Gasteiger partial charge in [0.2, 0.25) is 0 Å². The standard InChI is InChI=1S/C15H14F2O3/c16-13-8-11(10-18)9-14(17)15(13)20-7-6-19-12-4-2-1-3-5-12/h1-5,8-9,18H,6-7,10H2. The minimum atomic E-state index is -0.839. The first kappa shape index (κ1) is 14.3. The summed E-state index contributed by atoms with van der Waals surface area (Å²) in [4.78, 5) is 0. The van der Waals surface area contributed by atoms with Crippen molar-refractivity contribution in [3.63, 3.8) is 0 Å². The summed E-state index contributed by atoms with van der Waals surface area (Å²) in [6, 6.07) is 11.1. The topological polar surface area (TPSA) is 38.7 Å². The van der Waals surface area contributed by atoms with E-state index in [0.29, 0.717) is 5.75 Å². The molecule has 0 unspecified atom stereocenters. The van der Waals surface area contributed by atoms with Gasteiger partial charge in [0.25, 0.3) is 0 Å². The third kappa shape index (κ3) is 3.68. The summed E-state index contributed by atoms with van der Waals surface area (Å²) in [6.45, 7) is -0.239. The van der Waals surface area contributed by atoms with Crippen molar-refractivity contribution < 1.29 is 23.4 Å². The molecule has 1 N–H and O–H groups in total. The Balaban J connectivity index is 1.88. The van der Waals surface area contributed by atoms with Gasteiger partial charge in [0.05, 0.1) is 6.61 Å². The minimum Gasteiger partial charge on any atom is -0.490 e. The van der Waals surface area contributed by atoms with Gasteiger partial charge in [-0.25, -0.2) is 8.78 Å². The molecular formula is C15H14F2O3. The SMILES string of the molecule is OCc1cc(F)c(OCCOc2ccccc2)c(F)c1. The molecule has 0 aromatic heterocycles. The summed E-state index contributed by atoms with van der Waals surface area (Å²) >= 11 is 0. The number of ether oxygens (including phenoxy) is 2. The molecule has 0 saturated heterocycles. The van der Waals surface area contributed by atoms with Gasteiger partial charge in [-0.3, -0.25) is 0 Å². The van der Waals surface area contributed by atoms with Crippen molar-refractivity contribution in [2.75, 3.05) is 13.2 Å². The van der Waals surface area contributed by atoms with E-state index in [0.717, 1.165) is 12.1 Å². The molecule has 3 nitrogen and oxygen atoms in total. The van der Waals surface area contributed by atoms with Crippen LogP contribution in [0.2, 0.25) is 0 Å². The summed E-state index contributed by atoms with van der Waals surface area (Å²) in [5.74, 6) is -1.48. The van der Waals surface area contributed by atoms with Crippen LogP contribution in [-0.4, -0.2) is 18.3 Å². The zero-order valence-corrected chi connectivity index (χ0v) is 10.7. The summed E-state index contributed by atoms with van der Waals surface area (Å²) < 4.78 is 37.4. The summed E-state index contributed by atoms with van der Waals surface area (Å²) in [5, 5.41) is 8.82. The van der Waals surface area contributed by atoms with E-state index >= 15 is 0 Å². The molecular weight excluding hydrogens is 266 g/mol. The molecule has 0 heterocycles. The van der Waals surface area contributed by atoms with Crippen LogP contribution in [0.1, 0.15) is 5.56 Å². The van der Waals surface area contributed by atoms with Gasteiger partial charge < -0.3 is 14.6 Å². The molecule has 0 aliphatic carbocycles. The number of benzene rings is 2. The average Bonchev–Trinajstić information content (AvgIpc) is 2.46. The van der Waals surface area contributed by atoms with E-state index < -0.39 is 24.0 Å². The van der Waals surface area contributed by atoms with Gasteiger partial charge in [0, 0.05) is 0 Å². The second-order valence-electron chi connectivity index (χ2n) is 4.06. The molecule has 0 amide bonds. The van der Waals surface area contributed by atoms with Crippen LogP contribution < -0.4 is 9.47 Å². The van der Waals surface area contributed by atoms with Crippen molar-refractivity contribution in [3.05, 3.63) is 59.7 Å². The van der Waals surface area contributed by atoms with E-state index in [1.165, 1.54) is 0 Å². The number of halogens is 2. The molecule has 0 radical (unpaired) electrons. The Labute approximate surface area is 115 Å². The smallest absolute Gasteiger partial charge is 0.190 e. The van der Waals surface area contributed by atoms with E-state index in [1.54, 1.807) is 12.1 Å². The summed E-state index contributed by atoms with van der Waals surface area (Å²) in [5.41, 5.74) is 0.160. The molecule has 0 aliphatic rings. The quantitative estimate of drug-likeness (QED) is 0.827. The van der Waals surface area contributed by atoms with Gasteiger partial charge in [-0.05, 0) is 29.8 Å². The Kier molecular flexibility index (Phi) is 4.90. The molecule has 5 heteroatoms. The van der Waals surface area contributed by atoms with Gasteiger partial charge in [-0.2, -0.15) is 0 Å². The number of aliphatic hydroxyl groups is 1. The first-order valence-corrected chi connectivity index (χ1v) is 6.10. The highest BCUT2D eigenvalue weighted by Gasteiger charge is 2.12. The zero-order valence-electron chi connectivity index (χ0n) is 10.7. The van der Waals surface area contributed by atoms with E-state index in [4.69, 9.17) is 14.6 Å². The molecule has 0 bridgehead atoms. The average molecular weight is 280 g/mol. The molecule has 0 saturated carbocycles. The van der Waals surface area contributed by atoms with Gasteiger partial charge in [-0.1, -0.05) is 18.2 Å². The second kappa shape index (κ2) is 6.86. The van der Waals surface area contributed by atoms with Crippen molar-refractivity contribution in [2.24, 2.45) is 0 Å². The number of aliphatic hydroxyl groups excluding tert-OH is 1. The molecule has 106 valence electrons. The highest BCUT2D eigenvalue weighted by atomic mass is 19.1. The van der Waals surface area contributed by atoms with E-state index in [1.807, 2.05) is 18.2 Å². The lowest BCUT2D eigenvalue weighted by Crippen LogP contribution is -2.11. The molecule has 2 aromatic carbocycles. The van der Waals surface area contributed by atoms with Gasteiger partial charge in [0.15, 0.2) is 17.4 Å². The van der Waals surface area contributed by atoms with Crippen molar-refractivity contribution in [2.45, 2.75) is 6.61 Å².